The molecule has 0 aliphatic heterocycles. The van der Waals surface area contributed by atoms with Crippen LogP contribution in [0.3, 0.4) is 0 Å². The number of hydrogen-bond acceptors (Lipinski definition) is 4. The van der Waals surface area contributed by atoms with E-state index < -0.39 is 6.10 Å². The quantitative estimate of drug-likeness (QED) is 0.320. The van der Waals surface area contributed by atoms with Crippen LogP contribution >= 0.6 is 27.3 Å². The van der Waals surface area contributed by atoms with Crippen LogP contribution in [0.4, 0.5) is 0 Å². The van der Waals surface area contributed by atoms with Gasteiger partial charge in [-0.05, 0) is 92.6 Å². The lowest BCUT2D eigenvalue weighted by Crippen LogP contribution is -2.17. The SMILES string of the molecule is CC(=O)CCCC=CCC1C(O)CC[C@@H]1C=C[C@@H](O)CCc1cc(Br)c(C)s1. The van der Waals surface area contributed by atoms with Gasteiger partial charge in [-0.2, -0.15) is 0 Å². The summed E-state index contributed by atoms with van der Waals surface area (Å²) in [6.07, 6.45) is 14.3. The number of aliphatic hydroxyl groups excluding tert-OH is 2. The number of hydrogen-bond donors (Lipinski definition) is 2. The maximum Gasteiger partial charge on any atom is 0.129 e. The molecular formula is C23H33BrO3S. The molecule has 1 saturated carbocycles. The molecule has 28 heavy (non-hydrogen) atoms. The van der Waals surface area contributed by atoms with Crippen molar-refractivity contribution >= 4 is 33.0 Å². The third kappa shape index (κ3) is 7.94. The zero-order valence-electron chi connectivity index (χ0n) is 16.9. The molecule has 1 aliphatic rings. The minimum absolute atomic E-state index is 0.225. The predicted octanol–water partition coefficient (Wildman–Crippen LogP) is 5.76. The molecule has 0 spiro atoms. The minimum Gasteiger partial charge on any atom is -0.393 e. The Bertz CT molecular complexity index is 660. The van der Waals surface area contributed by atoms with Crippen molar-refractivity contribution in [2.45, 2.75) is 77.4 Å². The molecule has 1 aromatic rings. The number of Topliss-reactive ketones (excluding diaryl/α,β-unsaturated/α-hetero) is 1. The van der Waals surface area contributed by atoms with E-state index in [1.165, 1.54) is 9.75 Å². The summed E-state index contributed by atoms with van der Waals surface area (Å²) in [4.78, 5) is 13.5. The molecule has 1 fully saturated rings. The zero-order valence-corrected chi connectivity index (χ0v) is 19.3. The van der Waals surface area contributed by atoms with Crippen LogP contribution in [0.5, 0.6) is 0 Å². The monoisotopic (exact) mass is 468 g/mol. The highest BCUT2D eigenvalue weighted by Gasteiger charge is 2.32. The number of ketones is 1. The summed E-state index contributed by atoms with van der Waals surface area (Å²) in [7, 11) is 0. The molecule has 5 heteroatoms. The van der Waals surface area contributed by atoms with Crippen molar-refractivity contribution in [1.82, 2.24) is 0 Å². The van der Waals surface area contributed by atoms with E-state index in [1.807, 2.05) is 6.08 Å². The molecule has 1 heterocycles. The number of aryl methyl sites for hydroxylation is 2. The van der Waals surface area contributed by atoms with Crippen LogP contribution in [0.2, 0.25) is 0 Å². The lowest BCUT2D eigenvalue weighted by Gasteiger charge is -2.18. The van der Waals surface area contributed by atoms with Crippen LogP contribution in [-0.2, 0) is 11.2 Å². The average Bonchev–Trinajstić information content (AvgIpc) is 3.16. The van der Waals surface area contributed by atoms with E-state index in [1.54, 1.807) is 18.3 Å². The number of allylic oxidation sites excluding steroid dienone is 3. The van der Waals surface area contributed by atoms with E-state index >= 15 is 0 Å². The molecule has 0 aromatic carbocycles. The van der Waals surface area contributed by atoms with E-state index in [2.05, 4.69) is 47.1 Å². The van der Waals surface area contributed by atoms with Gasteiger partial charge < -0.3 is 15.0 Å². The molecule has 2 unspecified atom stereocenters. The van der Waals surface area contributed by atoms with Crippen molar-refractivity contribution in [3.8, 4) is 0 Å². The second-order valence-electron chi connectivity index (χ2n) is 7.88. The molecule has 1 aromatic heterocycles. The van der Waals surface area contributed by atoms with Crippen molar-refractivity contribution in [2.75, 3.05) is 0 Å². The van der Waals surface area contributed by atoms with Crippen molar-refractivity contribution in [3.63, 3.8) is 0 Å². The zero-order chi connectivity index (χ0) is 20.5. The molecule has 4 atom stereocenters. The van der Waals surface area contributed by atoms with Crippen molar-refractivity contribution in [1.29, 1.82) is 0 Å². The summed E-state index contributed by atoms with van der Waals surface area (Å²) < 4.78 is 1.15. The highest BCUT2D eigenvalue weighted by atomic mass is 79.9. The number of carbonyl (C=O) groups is 1. The van der Waals surface area contributed by atoms with Gasteiger partial charge in [0.15, 0.2) is 0 Å². The Morgan fingerprint density at radius 2 is 2.18 bits per heavy atom. The molecule has 3 nitrogen and oxygen atoms in total. The Morgan fingerprint density at radius 1 is 1.39 bits per heavy atom. The number of aliphatic hydroxyl groups is 2. The second-order valence-corrected chi connectivity index (χ2v) is 10.1. The normalized spacial score (nSPS) is 23.8. The van der Waals surface area contributed by atoms with Crippen molar-refractivity contribution < 1.29 is 15.0 Å². The van der Waals surface area contributed by atoms with Gasteiger partial charge in [0.25, 0.3) is 0 Å². The Labute approximate surface area is 181 Å². The van der Waals surface area contributed by atoms with Crippen LogP contribution in [0.15, 0.2) is 34.8 Å². The summed E-state index contributed by atoms with van der Waals surface area (Å²) in [5.41, 5.74) is 0. The van der Waals surface area contributed by atoms with Gasteiger partial charge in [0.1, 0.15) is 5.78 Å². The standard InChI is InChI=1S/C23H33BrO3S/c1-16(25)7-5-3-4-6-8-21-18(10-14-23(21)27)9-11-19(26)12-13-20-15-22(24)17(2)28-20/h4,6,9,11,15,18-19,21,23,26-27H,3,5,7-8,10,12-14H2,1-2H3/t18-,19+,21?,23?/m0/s1. The summed E-state index contributed by atoms with van der Waals surface area (Å²) in [6, 6.07) is 2.14. The van der Waals surface area contributed by atoms with Crippen LogP contribution in [0.1, 0.15) is 61.6 Å². The Morgan fingerprint density at radius 3 is 2.86 bits per heavy atom. The van der Waals surface area contributed by atoms with E-state index in [0.717, 1.165) is 49.4 Å². The van der Waals surface area contributed by atoms with Gasteiger partial charge in [0.2, 0.25) is 0 Å². The third-order valence-electron chi connectivity index (χ3n) is 5.49. The molecule has 2 rings (SSSR count). The van der Waals surface area contributed by atoms with E-state index in [-0.39, 0.29) is 17.8 Å². The van der Waals surface area contributed by atoms with Gasteiger partial charge in [0, 0.05) is 20.6 Å². The number of halogens is 1. The van der Waals surface area contributed by atoms with Gasteiger partial charge in [-0.15, -0.1) is 11.3 Å². The highest BCUT2D eigenvalue weighted by Crippen LogP contribution is 2.36. The lowest BCUT2D eigenvalue weighted by atomic mass is 9.90. The van der Waals surface area contributed by atoms with Gasteiger partial charge in [-0.25, -0.2) is 0 Å². The van der Waals surface area contributed by atoms with Crippen molar-refractivity contribution in [3.05, 3.63) is 44.6 Å². The average molecular weight is 469 g/mol. The summed E-state index contributed by atoms with van der Waals surface area (Å²) in [5.74, 6) is 0.790. The topological polar surface area (TPSA) is 57.5 Å². The molecule has 0 bridgehead atoms. The fraction of sp³-hybridized carbons (Fsp3) is 0.609. The molecule has 0 saturated heterocycles. The van der Waals surface area contributed by atoms with E-state index in [4.69, 9.17) is 0 Å². The fourth-order valence-electron chi connectivity index (χ4n) is 3.79. The first kappa shape index (κ1) is 23.5. The van der Waals surface area contributed by atoms with E-state index in [9.17, 15) is 15.0 Å². The molecule has 0 radical (unpaired) electrons. The largest absolute Gasteiger partial charge is 0.393 e. The van der Waals surface area contributed by atoms with Gasteiger partial charge in [-0.1, -0.05) is 24.3 Å². The maximum absolute atomic E-state index is 11.0. The third-order valence-corrected chi connectivity index (χ3v) is 7.69. The van der Waals surface area contributed by atoms with E-state index in [0.29, 0.717) is 12.3 Å². The van der Waals surface area contributed by atoms with Gasteiger partial charge in [-0.3, -0.25) is 0 Å². The Balaban J connectivity index is 1.76. The molecule has 1 aliphatic carbocycles. The first-order chi connectivity index (χ1) is 13.4. The van der Waals surface area contributed by atoms with Gasteiger partial charge >= 0.3 is 0 Å². The Hall–Kier alpha value is -0.750. The fourth-order valence-corrected chi connectivity index (χ4v) is 5.40. The van der Waals surface area contributed by atoms with Crippen molar-refractivity contribution in [2.24, 2.45) is 11.8 Å². The van der Waals surface area contributed by atoms with Gasteiger partial charge in [0.05, 0.1) is 12.2 Å². The lowest BCUT2D eigenvalue weighted by molar-refractivity contribution is -0.117. The first-order valence-electron chi connectivity index (χ1n) is 10.3. The maximum atomic E-state index is 11.0. The summed E-state index contributed by atoms with van der Waals surface area (Å²) in [5, 5.41) is 20.6. The molecular weight excluding hydrogens is 436 g/mol. The number of unbranched alkanes of at least 4 members (excludes halogenated alkanes) is 1. The molecule has 0 amide bonds. The minimum atomic E-state index is -0.443. The number of carbonyl (C=O) groups excluding carboxylic acids is 1. The summed E-state index contributed by atoms with van der Waals surface area (Å²) >= 11 is 5.32. The van der Waals surface area contributed by atoms with Crippen LogP contribution < -0.4 is 0 Å². The second kappa shape index (κ2) is 12.1. The molecule has 156 valence electrons. The highest BCUT2D eigenvalue weighted by molar-refractivity contribution is 9.10. The number of thiophene rings is 1. The smallest absolute Gasteiger partial charge is 0.129 e. The predicted molar refractivity (Wildman–Crippen MR) is 121 cm³/mol. The van der Waals surface area contributed by atoms with Crippen LogP contribution in [-0.4, -0.2) is 28.2 Å². The van der Waals surface area contributed by atoms with Crippen LogP contribution in [0, 0.1) is 18.8 Å². The summed E-state index contributed by atoms with van der Waals surface area (Å²) in [6.45, 7) is 3.72. The first-order valence-corrected chi connectivity index (χ1v) is 11.9. The van der Waals surface area contributed by atoms with Crippen LogP contribution in [0.25, 0.3) is 0 Å². The Kier molecular flexibility index (Phi) is 10.1. The number of rotatable bonds is 11. The molecule has 2 N–H and O–H groups in total.